The van der Waals surface area contributed by atoms with Crippen LogP contribution < -0.4 is 5.56 Å². The molecule has 3 aromatic rings. The highest BCUT2D eigenvalue weighted by Gasteiger charge is 2.28. The summed E-state index contributed by atoms with van der Waals surface area (Å²) in [4.78, 5) is 32.4. The number of fused-ring (bicyclic) bond motifs is 2. The number of benzene rings is 2. The lowest BCUT2D eigenvalue weighted by molar-refractivity contribution is 0.0791. The minimum atomic E-state index is 0.0176. The zero-order valence-electron chi connectivity index (χ0n) is 15.8. The first-order valence-corrected chi connectivity index (χ1v) is 10.1. The molecular formula is C23H23N3O2. The van der Waals surface area contributed by atoms with Gasteiger partial charge in [-0.25, -0.2) is 4.98 Å². The molecule has 5 heteroatoms. The Bertz CT molecular complexity index is 1100. The SMILES string of the molecule is O=C(c1ccc2c(=O)n3c(nc2c1)CCCC3)N1CC[C@@H](c2ccccc2)C1. The quantitative estimate of drug-likeness (QED) is 0.692. The summed E-state index contributed by atoms with van der Waals surface area (Å²) < 4.78 is 1.79. The van der Waals surface area contributed by atoms with Gasteiger partial charge in [0.15, 0.2) is 0 Å². The highest BCUT2D eigenvalue weighted by Crippen LogP contribution is 2.28. The van der Waals surface area contributed by atoms with E-state index in [1.807, 2.05) is 23.1 Å². The molecule has 0 spiro atoms. The number of hydrogen-bond acceptors (Lipinski definition) is 3. The summed E-state index contributed by atoms with van der Waals surface area (Å²) in [7, 11) is 0. The van der Waals surface area contributed by atoms with Crippen LogP contribution in [0.25, 0.3) is 10.9 Å². The molecule has 0 N–H and O–H groups in total. The fourth-order valence-electron chi connectivity index (χ4n) is 4.50. The predicted molar refractivity (Wildman–Crippen MR) is 109 cm³/mol. The second-order valence-electron chi connectivity index (χ2n) is 7.82. The maximum Gasteiger partial charge on any atom is 0.261 e. The Hall–Kier alpha value is -2.95. The Morgan fingerprint density at radius 2 is 1.89 bits per heavy atom. The fourth-order valence-corrected chi connectivity index (χ4v) is 4.50. The van der Waals surface area contributed by atoms with Crippen LogP contribution in [0.15, 0.2) is 53.3 Å². The first-order chi connectivity index (χ1) is 13.7. The Balaban J connectivity index is 1.43. The number of likely N-dealkylation sites (tertiary alicyclic amines) is 1. The summed E-state index contributed by atoms with van der Waals surface area (Å²) in [5, 5.41) is 0.603. The van der Waals surface area contributed by atoms with Gasteiger partial charge in [0.2, 0.25) is 0 Å². The minimum Gasteiger partial charge on any atom is -0.338 e. The molecule has 0 bridgehead atoms. The number of carbonyl (C=O) groups excluding carboxylic acids is 1. The van der Waals surface area contributed by atoms with Crippen molar-refractivity contribution in [2.45, 2.75) is 38.1 Å². The van der Waals surface area contributed by atoms with Crippen LogP contribution >= 0.6 is 0 Å². The van der Waals surface area contributed by atoms with Gasteiger partial charge in [-0.2, -0.15) is 0 Å². The number of aromatic nitrogens is 2. The largest absolute Gasteiger partial charge is 0.338 e. The van der Waals surface area contributed by atoms with Crippen LogP contribution in [0.2, 0.25) is 0 Å². The topological polar surface area (TPSA) is 55.2 Å². The van der Waals surface area contributed by atoms with E-state index in [9.17, 15) is 9.59 Å². The third-order valence-electron chi connectivity index (χ3n) is 6.06. The van der Waals surface area contributed by atoms with E-state index in [-0.39, 0.29) is 11.5 Å². The van der Waals surface area contributed by atoms with Gasteiger partial charge in [-0.05, 0) is 43.0 Å². The number of hydrogen-bond donors (Lipinski definition) is 0. The predicted octanol–water partition coefficient (Wildman–Crippen LogP) is 3.36. The monoisotopic (exact) mass is 373 g/mol. The molecule has 2 aliphatic heterocycles. The Labute approximate surface area is 163 Å². The zero-order chi connectivity index (χ0) is 19.1. The second kappa shape index (κ2) is 6.89. The molecule has 3 heterocycles. The molecule has 0 unspecified atom stereocenters. The number of rotatable bonds is 2. The van der Waals surface area contributed by atoms with Crippen molar-refractivity contribution in [1.29, 1.82) is 0 Å². The summed E-state index contributed by atoms with van der Waals surface area (Å²) in [5.74, 6) is 1.26. The van der Waals surface area contributed by atoms with Crippen molar-refractivity contribution < 1.29 is 4.79 Å². The lowest BCUT2D eigenvalue weighted by Gasteiger charge is -2.19. The van der Waals surface area contributed by atoms with Crippen LogP contribution in [0.3, 0.4) is 0 Å². The van der Waals surface area contributed by atoms with Gasteiger partial charge in [-0.3, -0.25) is 14.2 Å². The van der Waals surface area contributed by atoms with Crippen LogP contribution in [0, 0.1) is 0 Å². The average molecular weight is 373 g/mol. The van der Waals surface area contributed by atoms with E-state index >= 15 is 0 Å². The molecule has 0 aliphatic carbocycles. The van der Waals surface area contributed by atoms with Crippen molar-refractivity contribution in [2.75, 3.05) is 13.1 Å². The highest BCUT2D eigenvalue weighted by atomic mass is 16.2. The molecule has 5 rings (SSSR count). The van der Waals surface area contributed by atoms with Crippen molar-refractivity contribution in [3.05, 3.63) is 75.8 Å². The molecule has 1 fully saturated rings. The molecule has 0 saturated carbocycles. The molecule has 1 amide bonds. The van der Waals surface area contributed by atoms with Crippen LogP contribution in [-0.4, -0.2) is 33.4 Å². The Morgan fingerprint density at radius 1 is 1.04 bits per heavy atom. The normalized spacial score (nSPS) is 19.0. The van der Waals surface area contributed by atoms with Crippen molar-refractivity contribution in [3.63, 3.8) is 0 Å². The van der Waals surface area contributed by atoms with Crippen LogP contribution in [-0.2, 0) is 13.0 Å². The van der Waals surface area contributed by atoms with Crippen LogP contribution in [0.1, 0.15) is 46.9 Å². The molecule has 2 aromatic carbocycles. The summed E-state index contributed by atoms with van der Waals surface area (Å²) in [6, 6.07) is 15.7. The maximum atomic E-state index is 13.1. The molecular weight excluding hydrogens is 350 g/mol. The summed E-state index contributed by atoms with van der Waals surface area (Å²) in [6.07, 6.45) is 3.89. The molecule has 1 saturated heterocycles. The van der Waals surface area contributed by atoms with Crippen LogP contribution in [0.4, 0.5) is 0 Å². The van der Waals surface area contributed by atoms with Gasteiger partial charge >= 0.3 is 0 Å². The first-order valence-electron chi connectivity index (χ1n) is 10.1. The van der Waals surface area contributed by atoms with E-state index in [1.54, 1.807) is 22.8 Å². The molecule has 28 heavy (non-hydrogen) atoms. The van der Waals surface area contributed by atoms with E-state index in [0.717, 1.165) is 51.1 Å². The van der Waals surface area contributed by atoms with E-state index in [4.69, 9.17) is 4.98 Å². The summed E-state index contributed by atoms with van der Waals surface area (Å²) >= 11 is 0. The van der Waals surface area contributed by atoms with E-state index in [1.165, 1.54) is 5.56 Å². The van der Waals surface area contributed by atoms with E-state index in [0.29, 0.717) is 22.4 Å². The smallest absolute Gasteiger partial charge is 0.261 e. The molecule has 0 radical (unpaired) electrons. The molecule has 1 aromatic heterocycles. The minimum absolute atomic E-state index is 0.0176. The molecule has 1 atom stereocenters. The third-order valence-corrected chi connectivity index (χ3v) is 6.06. The standard InChI is InChI=1S/C23H23N3O2/c27-22(25-13-11-18(15-25)16-6-2-1-3-7-16)17-9-10-19-20(14-17)24-21-8-4-5-12-26(21)23(19)28/h1-3,6-7,9-10,14,18H,4-5,8,11-13,15H2/t18-/m1/s1. The van der Waals surface area contributed by atoms with Gasteiger partial charge in [-0.15, -0.1) is 0 Å². The first kappa shape index (κ1) is 17.2. The van der Waals surface area contributed by atoms with Crippen LogP contribution in [0.5, 0.6) is 0 Å². The highest BCUT2D eigenvalue weighted by molar-refractivity contribution is 5.97. The summed E-state index contributed by atoms with van der Waals surface area (Å²) in [5.41, 5.74) is 2.57. The number of carbonyl (C=O) groups is 1. The zero-order valence-corrected chi connectivity index (χ0v) is 15.8. The summed E-state index contributed by atoms with van der Waals surface area (Å²) in [6.45, 7) is 2.24. The van der Waals surface area contributed by atoms with Crippen molar-refractivity contribution >= 4 is 16.8 Å². The van der Waals surface area contributed by atoms with Gasteiger partial charge in [0.1, 0.15) is 5.82 Å². The van der Waals surface area contributed by atoms with Crippen molar-refractivity contribution in [1.82, 2.24) is 14.5 Å². The molecule has 5 nitrogen and oxygen atoms in total. The Morgan fingerprint density at radius 3 is 2.75 bits per heavy atom. The number of nitrogens with zero attached hydrogens (tertiary/aromatic N) is 3. The van der Waals surface area contributed by atoms with E-state index in [2.05, 4.69) is 12.1 Å². The van der Waals surface area contributed by atoms with E-state index < -0.39 is 0 Å². The van der Waals surface area contributed by atoms with Crippen molar-refractivity contribution in [3.8, 4) is 0 Å². The van der Waals surface area contributed by atoms with Gasteiger partial charge < -0.3 is 4.90 Å². The molecule has 142 valence electrons. The lowest BCUT2D eigenvalue weighted by Crippen LogP contribution is -2.30. The van der Waals surface area contributed by atoms with Gasteiger partial charge in [-0.1, -0.05) is 30.3 Å². The van der Waals surface area contributed by atoms with Gasteiger partial charge in [0, 0.05) is 37.5 Å². The Kier molecular flexibility index (Phi) is 4.23. The number of amides is 1. The van der Waals surface area contributed by atoms with Gasteiger partial charge in [0.05, 0.1) is 10.9 Å². The van der Waals surface area contributed by atoms with Crippen molar-refractivity contribution in [2.24, 2.45) is 0 Å². The maximum absolute atomic E-state index is 13.1. The molecule has 2 aliphatic rings. The third kappa shape index (κ3) is 2.91. The fraction of sp³-hybridized carbons (Fsp3) is 0.348. The lowest BCUT2D eigenvalue weighted by atomic mass is 9.99. The number of aryl methyl sites for hydroxylation is 1. The average Bonchev–Trinajstić information content (AvgIpc) is 3.24. The van der Waals surface area contributed by atoms with Gasteiger partial charge in [0.25, 0.3) is 11.5 Å². The second-order valence-corrected chi connectivity index (χ2v) is 7.82.